The van der Waals surface area contributed by atoms with Crippen LogP contribution in [-0.4, -0.2) is 50.0 Å². The summed E-state index contributed by atoms with van der Waals surface area (Å²) < 4.78 is 27.0. The number of anilines is 1. The first kappa shape index (κ1) is 32.7. The number of hydrogen-bond donors (Lipinski definition) is 1. The van der Waals surface area contributed by atoms with Gasteiger partial charge in [0.15, 0.2) is 0 Å². The molecule has 0 saturated heterocycles. The minimum atomic E-state index is -3.90. The van der Waals surface area contributed by atoms with Gasteiger partial charge in [0.05, 0.1) is 11.9 Å². The second-order valence-corrected chi connectivity index (χ2v) is 13.2. The molecule has 3 rings (SSSR count). The number of amides is 2. The van der Waals surface area contributed by atoms with Crippen LogP contribution in [0.3, 0.4) is 0 Å². The van der Waals surface area contributed by atoms with Gasteiger partial charge in [0.1, 0.15) is 12.6 Å². The van der Waals surface area contributed by atoms with E-state index in [4.69, 9.17) is 34.8 Å². The van der Waals surface area contributed by atoms with E-state index in [9.17, 15) is 18.0 Å². The van der Waals surface area contributed by atoms with Gasteiger partial charge in [-0.05, 0) is 67.3 Å². The van der Waals surface area contributed by atoms with Crippen LogP contribution in [0.25, 0.3) is 0 Å². The van der Waals surface area contributed by atoms with E-state index in [2.05, 4.69) is 5.32 Å². The molecular weight excluding hydrogens is 605 g/mol. The molecule has 0 aromatic heterocycles. The molecule has 0 saturated carbocycles. The molecule has 3 aromatic rings. The summed E-state index contributed by atoms with van der Waals surface area (Å²) >= 11 is 18.7. The fourth-order valence-corrected chi connectivity index (χ4v) is 5.92. The largest absolute Gasteiger partial charge is 0.352 e. The zero-order valence-corrected chi connectivity index (χ0v) is 26.5. The van der Waals surface area contributed by atoms with Crippen molar-refractivity contribution in [2.24, 2.45) is 0 Å². The normalized spacial score (nSPS) is 12.9. The third kappa shape index (κ3) is 9.10. The first-order valence-electron chi connectivity index (χ1n) is 13.1. The van der Waals surface area contributed by atoms with Crippen LogP contribution in [-0.2, 0) is 32.6 Å². The number of carbonyl (C=O) groups is 2. The Hall–Kier alpha value is -2.78. The van der Waals surface area contributed by atoms with Crippen molar-refractivity contribution in [1.82, 2.24) is 10.2 Å². The molecule has 11 heteroatoms. The molecule has 0 aliphatic heterocycles. The fourth-order valence-electron chi connectivity index (χ4n) is 4.32. The number of nitrogens with one attached hydrogen (secondary N) is 1. The van der Waals surface area contributed by atoms with Crippen molar-refractivity contribution in [2.45, 2.75) is 52.2 Å². The highest BCUT2D eigenvalue weighted by molar-refractivity contribution is 7.92. The van der Waals surface area contributed by atoms with Crippen LogP contribution in [0, 0.1) is 6.92 Å². The molecule has 2 atom stereocenters. The smallest absolute Gasteiger partial charge is 0.244 e. The number of carbonyl (C=O) groups excluding carboxylic acids is 2. The summed E-state index contributed by atoms with van der Waals surface area (Å²) in [6.45, 7) is 4.97. The first-order valence-corrected chi connectivity index (χ1v) is 16.1. The molecule has 0 bridgehead atoms. The third-order valence-corrected chi connectivity index (χ3v) is 8.68. The monoisotopic (exact) mass is 637 g/mol. The topological polar surface area (TPSA) is 86.8 Å². The van der Waals surface area contributed by atoms with E-state index in [1.807, 2.05) is 44.2 Å². The Kier molecular flexibility index (Phi) is 11.5. The van der Waals surface area contributed by atoms with Gasteiger partial charge in [-0.25, -0.2) is 8.42 Å². The van der Waals surface area contributed by atoms with Gasteiger partial charge >= 0.3 is 0 Å². The van der Waals surface area contributed by atoms with E-state index in [1.165, 1.54) is 4.90 Å². The lowest BCUT2D eigenvalue weighted by atomic mass is 10.0. The van der Waals surface area contributed by atoms with Gasteiger partial charge in [-0.1, -0.05) is 78.1 Å². The number of rotatable bonds is 12. The summed E-state index contributed by atoms with van der Waals surface area (Å²) in [6.07, 6.45) is 1.93. The predicted octanol–water partition coefficient (Wildman–Crippen LogP) is 6.28. The molecule has 0 heterocycles. The van der Waals surface area contributed by atoms with E-state index in [0.717, 1.165) is 16.1 Å². The van der Waals surface area contributed by atoms with Gasteiger partial charge in [0.2, 0.25) is 21.8 Å². The summed E-state index contributed by atoms with van der Waals surface area (Å²) in [7, 11) is -3.90. The van der Waals surface area contributed by atoms with E-state index >= 15 is 0 Å². The molecule has 220 valence electrons. The molecule has 2 unspecified atom stereocenters. The maximum atomic E-state index is 14.2. The van der Waals surface area contributed by atoms with Crippen LogP contribution in [0.4, 0.5) is 5.69 Å². The number of halogens is 3. The number of nitrogens with zero attached hydrogens (tertiary/aromatic N) is 2. The number of hydrogen-bond acceptors (Lipinski definition) is 4. The lowest BCUT2D eigenvalue weighted by Gasteiger charge is -2.34. The van der Waals surface area contributed by atoms with Gasteiger partial charge in [0.25, 0.3) is 0 Å². The molecule has 0 fully saturated rings. The van der Waals surface area contributed by atoms with Crippen LogP contribution in [0.2, 0.25) is 15.1 Å². The summed E-state index contributed by atoms with van der Waals surface area (Å²) in [5.41, 5.74) is 2.30. The molecule has 41 heavy (non-hydrogen) atoms. The van der Waals surface area contributed by atoms with Crippen LogP contribution < -0.4 is 9.62 Å². The van der Waals surface area contributed by atoms with Gasteiger partial charge in [-0.3, -0.25) is 13.9 Å². The summed E-state index contributed by atoms with van der Waals surface area (Å²) in [5.74, 6) is -0.925. The minimum absolute atomic E-state index is 0.0442. The Morgan fingerprint density at radius 2 is 1.59 bits per heavy atom. The van der Waals surface area contributed by atoms with Crippen molar-refractivity contribution in [1.29, 1.82) is 0 Å². The third-order valence-electron chi connectivity index (χ3n) is 6.73. The standard InChI is InChI=1S/C30H34Cl3N3O4S/c1-5-21(3)34-30(38)28(16-22-9-7-6-8-10-22)35(18-23-11-12-25(32)17-26(23)33)29(37)19-36(41(4,39)40)27-14-13-24(31)15-20(27)2/h6-15,17,21,28H,5,16,18-19H2,1-4H3,(H,34,38). The summed E-state index contributed by atoms with van der Waals surface area (Å²) in [4.78, 5) is 29.3. The Morgan fingerprint density at radius 3 is 2.17 bits per heavy atom. The molecule has 2 amide bonds. The second kappa shape index (κ2) is 14.4. The van der Waals surface area contributed by atoms with Crippen molar-refractivity contribution in [3.05, 3.63) is 98.5 Å². The number of benzene rings is 3. The van der Waals surface area contributed by atoms with Gasteiger partial charge in [-0.2, -0.15) is 0 Å². The highest BCUT2D eigenvalue weighted by Crippen LogP contribution is 2.28. The highest BCUT2D eigenvalue weighted by atomic mass is 35.5. The first-order chi connectivity index (χ1) is 19.3. The van der Waals surface area contributed by atoms with E-state index in [-0.39, 0.29) is 24.9 Å². The molecule has 0 radical (unpaired) electrons. The Balaban J connectivity index is 2.11. The highest BCUT2D eigenvalue weighted by Gasteiger charge is 2.34. The molecule has 7 nitrogen and oxygen atoms in total. The molecule has 1 N–H and O–H groups in total. The second-order valence-electron chi connectivity index (χ2n) is 9.98. The average molecular weight is 639 g/mol. The summed E-state index contributed by atoms with van der Waals surface area (Å²) in [6, 6.07) is 17.9. The lowest BCUT2D eigenvalue weighted by Crippen LogP contribution is -2.54. The van der Waals surface area contributed by atoms with Crippen LogP contribution in [0.5, 0.6) is 0 Å². The maximum Gasteiger partial charge on any atom is 0.244 e. The van der Waals surface area contributed by atoms with Gasteiger partial charge in [0, 0.05) is 34.1 Å². The van der Waals surface area contributed by atoms with Crippen molar-refractivity contribution in [2.75, 3.05) is 17.1 Å². The number of aryl methyl sites for hydroxylation is 1. The molecule has 3 aromatic carbocycles. The Bertz CT molecular complexity index is 1490. The predicted molar refractivity (Wildman–Crippen MR) is 167 cm³/mol. The van der Waals surface area contributed by atoms with E-state index in [1.54, 1.807) is 43.3 Å². The lowest BCUT2D eigenvalue weighted by molar-refractivity contribution is -0.140. The van der Waals surface area contributed by atoms with Gasteiger partial charge in [-0.15, -0.1) is 0 Å². The maximum absolute atomic E-state index is 14.2. The van der Waals surface area contributed by atoms with Crippen LogP contribution in [0.1, 0.15) is 37.0 Å². The van der Waals surface area contributed by atoms with Crippen molar-refractivity contribution >= 4 is 62.3 Å². The Labute approximate surface area is 257 Å². The van der Waals surface area contributed by atoms with E-state index < -0.39 is 28.5 Å². The molecule has 0 spiro atoms. The van der Waals surface area contributed by atoms with Crippen molar-refractivity contribution < 1.29 is 18.0 Å². The van der Waals surface area contributed by atoms with Crippen LogP contribution in [0.15, 0.2) is 66.7 Å². The minimum Gasteiger partial charge on any atom is -0.352 e. The molecular formula is C30H34Cl3N3O4S. The molecule has 0 aliphatic rings. The zero-order valence-electron chi connectivity index (χ0n) is 23.4. The van der Waals surface area contributed by atoms with Crippen molar-refractivity contribution in [3.63, 3.8) is 0 Å². The molecule has 0 aliphatic carbocycles. The summed E-state index contributed by atoms with van der Waals surface area (Å²) in [5, 5.41) is 4.18. The zero-order chi connectivity index (χ0) is 30.3. The van der Waals surface area contributed by atoms with E-state index in [0.29, 0.717) is 38.3 Å². The van der Waals surface area contributed by atoms with Crippen LogP contribution >= 0.6 is 34.8 Å². The number of sulfonamides is 1. The van der Waals surface area contributed by atoms with Gasteiger partial charge < -0.3 is 10.2 Å². The fraction of sp³-hybridized carbons (Fsp3) is 0.333. The average Bonchev–Trinajstić information content (AvgIpc) is 2.90. The SMILES string of the molecule is CCC(C)NC(=O)C(Cc1ccccc1)N(Cc1ccc(Cl)cc1Cl)C(=O)CN(c1ccc(Cl)cc1C)S(C)(=O)=O. The quantitative estimate of drug-likeness (QED) is 0.253. The van der Waals surface area contributed by atoms with Crippen molar-refractivity contribution in [3.8, 4) is 0 Å². The Morgan fingerprint density at radius 1 is 0.951 bits per heavy atom.